The highest BCUT2D eigenvalue weighted by molar-refractivity contribution is 5.61. The standard InChI is InChI=1S/C13H14N4/c1-10(3-4-14)11-5-12(7-15-6-11)13-8-16-17(2)9-13/h5-10H,3H2,1-2H3. The van der Waals surface area contributed by atoms with Crippen LogP contribution < -0.4 is 0 Å². The van der Waals surface area contributed by atoms with Gasteiger partial charge in [0.1, 0.15) is 0 Å². The molecule has 0 aromatic carbocycles. The molecule has 2 aromatic heterocycles. The van der Waals surface area contributed by atoms with Crippen LogP contribution in [0.5, 0.6) is 0 Å². The van der Waals surface area contributed by atoms with E-state index in [0.29, 0.717) is 6.42 Å². The summed E-state index contributed by atoms with van der Waals surface area (Å²) >= 11 is 0. The third-order valence-corrected chi connectivity index (χ3v) is 2.76. The highest BCUT2D eigenvalue weighted by Gasteiger charge is 2.08. The first-order valence-electron chi connectivity index (χ1n) is 5.51. The van der Waals surface area contributed by atoms with Gasteiger partial charge in [-0.2, -0.15) is 10.4 Å². The van der Waals surface area contributed by atoms with Gasteiger partial charge in [0.2, 0.25) is 0 Å². The Bertz CT molecular complexity index is 551. The lowest BCUT2D eigenvalue weighted by Gasteiger charge is -2.08. The molecule has 2 rings (SSSR count). The molecule has 0 fully saturated rings. The molecule has 0 amide bonds. The van der Waals surface area contributed by atoms with Gasteiger partial charge in [-0.1, -0.05) is 6.92 Å². The first-order chi connectivity index (χ1) is 8.20. The normalized spacial score (nSPS) is 12.1. The van der Waals surface area contributed by atoms with Crippen molar-refractivity contribution in [1.82, 2.24) is 14.8 Å². The van der Waals surface area contributed by atoms with E-state index in [-0.39, 0.29) is 5.92 Å². The molecular formula is C13H14N4. The molecule has 1 atom stereocenters. The van der Waals surface area contributed by atoms with Crippen molar-refractivity contribution in [1.29, 1.82) is 5.26 Å². The van der Waals surface area contributed by atoms with Crippen molar-refractivity contribution >= 4 is 0 Å². The van der Waals surface area contributed by atoms with Crippen LogP contribution in [0.15, 0.2) is 30.9 Å². The van der Waals surface area contributed by atoms with E-state index in [1.54, 1.807) is 4.68 Å². The zero-order valence-electron chi connectivity index (χ0n) is 9.96. The van der Waals surface area contributed by atoms with Crippen LogP contribution in [-0.4, -0.2) is 14.8 Å². The third kappa shape index (κ3) is 2.51. The molecule has 0 radical (unpaired) electrons. The van der Waals surface area contributed by atoms with Crippen LogP contribution in [0.3, 0.4) is 0 Å². The fraction of sp³-hybridized carbons (Fsp3) is 0.308. The van der Waals surface area contributed by atoms with Crippen molar-refractivity contribution in [2.75, 3.05) is 0 Å². The summed E-state index contributed by atoms with van der Waals surface area (Å²) in [6.07, 6.45) is 7.92. The molecule has 0 spiro atoms. The van der Waals surface area contributed by atoms with Crippen LogP contribution in [-0.2, 0) is 7.05 Å². The molecule has 1 unspecified atom stereocenters. The first-order valence-corrected chi connectivity index (χ1v) is 5.51. The third-order valence-electron chi connectivity index (χ3n) is 2.76. The second kappa shape index (κ2) is 4.79. The Kier molecular flexibility index (Phi) is 3.20. The first kappa shape index (κ1) is 11.3. The van der Waals surface area contributed by atoms with Gasteiger partial charge < -0.3 is 0 Å². The number of hydrogen-bond donors (Lipinski definition) is 0. The smallest absolute Gasteiger partial charge is 0.0628 e. The largest absolute Gasteiger partial charge is 0.275 e. The fourth-order valence-electron chi connectivity index (χ4n) is 1.71. The number of nitriles is 1. The molecule has 2 heterocycles. The Morgan fingerprint density at radius 2 is 2.18 bits per heavy atom. The summed E-state index contributed by atoms with van der Waals surface area (Å²) in [6.45, 7) is 2.03. The Morgan fingerprint density at radius 1 is 1.35 bits per heavy atom. The molecule has 0 saturated heterocycles. The monoisotopic (exact) mass is 226 g/mol. The lowest BCUT2D eigenvalue weighted by molar-refractivity contribution is 0.768. The molecule has 86 valence electrons. The lowest BCUT2D eigenvalue weighted by atomic mass is 9.98. The van der Waals surface area contributed by atoms with Gasteiger partial charge in [0.25, 0.3) is 0 Å². The van der Waals surface area contributed by atoms with Gasteiger partial charge in [-0.25, -0.2) is 0 Å². The van der Waals surface area contributed by atoms with Crippen LogP contribution in [0, 0.1) is 11.3 Å². The minimum absolute atomic E-state index is 0.212. The van der Waals surface area contributed by atoms with E-state index in [9.17, 15) is 0 Å². The van der Waals surface area contributed by atoms with Crippen LogP contribution in [0.4, 0.5) is 0 Å². The molecule has 0 aliphatic heterocycles. The highest BCUT2D eigenvalue weighted by Crippen LogP contribution is 2.23. The van der Waals surface area contributed by atoms with Crippen molar-refractivity contribution < 1.29 is 0 Å². The predicted octanol–water partition coefficient (Wildman–Crippen LogP) is 2.50. The van der Waals surface area contributed by atoms with Gasteiger partial charge in [-0.3, -0.25) is 9.67 Å². The van der Waals surface area contributed by atoms with Crippen LogP contribution in [0.1, 0.15) is 24.8 Å². The molecule has 0 N–H and O–H groups in total. The van der Waals surface area contributed by atoms with Crippen molar-refractivity contribution in [3.63, 3.8) is 0 Å². The Labute approximate surface area is 101 Å². The predicted molar refractivity (Wildman–Crippen MR) is 65.1 cm³/mol. The number of nitrogens with zero attached hydrogens (tertiary/aromatic N) is 4. The van der Waals surface area contributed by atoms with Crippen molar-refractivity contribution in [3.05, 3.63) is 36.4 Å². The molecule has 2 aromatic rings. The maximum Gasteiger partial charge on any atom is 0.0628 e. The molecular weight excluding hydrogens is 212 g/mol. The van der Waals surface area contributed by atoms with Gasteiger partial charge in [-0.05, 0) is 17.5 Å². The zero-order valence-corrected chi connectivity index (χ0v) is 9.96. The maximum atomic E-state index is 8.70. The summed E-state index contributed by atoms with van der Waals surface area (Å²) in [4.78, 5) is 4.23. The van der Waals surface area contributed by atoms with E-state index in [1.807, 2.05) is 38.8 Å². The van der Waals surface area contributed by atoms with E-state index in [0.717, 1.165) is 16.7 Å². The van der Waals surface area contributed by atoms with Crippen molar-refractivity contribution in [2.45, 2.75) is 19.3 Å². The highest BCUT2D eigenvalue weighted by atomic mass is 15.2. The van der Waals surface area contributed by atoms with Gasteiger partial charge >= 0.3 is 0 Å². The van der Waals surface area contributed by atoms with Gasteiger partial charge in [0.05, 0.1) is 12.3 Å². The van der Waals surface area contributed by atoms with Crippen molar-refractivity contribution in [3.8, 4) is 17.2 Å². The summed E-state index contributed by atoms with van der Waals surface area (Å²) < 4.78 is 1.76. The number of hydrogen-bond acceptors (Lipinski definition) is 3. The zero-order chi connectivity index (χ0) is 12.3. The van der Waals surface area contributed by atoms with Crippen LogP contribution >= 0.6 is 0 Å². The summed E-state index contributed by atoms with van der Waals surface area (Å²) in [7, 11) is 1.89. The summed E-state index contributed by atoms with van der Waals surface area (Å²) in [5, 5.41) is 12.8. The molecule has 0 saturated carbocycles. The second-order valence-electron chi connectivity index (χ2n) is 4.17. The maximum absolute atomic E-state index is 8.70. The minimum Gasteiger partial charge on any atom is -0.275 e. The quantitative estimate of drug-likeness (QED) is 0.808. The molecule has 0 bridgehead atoms. The number of aryl methyl sites for hydroxylation is 1. The molecule has 4 nitrogen and oxygen atoms in total. The average Bonchev–Trinajstić information content (AvgIpc) is 2.76. The topological polar surface area (TPSA) is 54.5 Å². The van der Waals surface area contributed by atoms with Gasteiger partial charge in [-0.15, -0.1) is 0 Å². The fourth-order valence-corrected chi connectivity index (χ4v) is 1.71. The van der Waals surface area contributed by atoms with E-state index >= 15 is 0 Å². The lowest BCUT2D eigenvalue weighted by Crippen LogP contribution is -1.93. The SMILES string of the molecule is CC(CC#N)c1cncc(-c2cnn(C)c2)c1. The van der Waals surface area contributed by atoms with E-state index in [1.165, 1.54) is 0 Å². The second-order valence-corrected chi connectivity index (χ2v) is 4.17. The Hall–Kier alpha value is -2.15. The van der Waals surface area contributed by atoms with Crippen molar-refractivity contribution in [2.24, 2.45) is 7.05 Å². The van der Waals surface area contributed by atoms with E-state index in [4.69, 9.17) is 5.26 Å². The number of aromatic nitrogens is 3. The van der Waals surface area contributed by atoms with Crippen LogP contribution in [0.25, 0.3) is 11.1 Å². The summed E-state index contributed by atoms with van der Waals surface area (Å²) in [6, 6.07) is 4.26. The molecule has 0 aliphatic carbocycles. The number of rotatable bonds is 3. The summed E-state index contributed by atoms with van der Waals surface area (Å²) in [5.41, 5.74) is 3.18. The average molecular weight is 226 g/mol. The Morgan fingerprint density at radius 3 is 2.82 bits per heavy atom. The van der Waals surface area contributed by atoms with E-state index < -0.39 is 0 Å². The van der Waals surface area contributed by atoms with Gasteiger partial charge in [0.15, 0.2) is 0 Å². The summed E-state index contributed by atoms with van der Waals surface area (Å²) in [5.74, 6) is 0.212. The molecule has 0 aliphatic rings. The number of pyridine rings is 1. The Balaban J connectivity index is 2.32. The van der Waals surface area contributed by atoms with Crippen LogP contribution in [0.2, 0.25) is 0 Å². The molecule has 17 heavy (non-hydrogen) atoms. The van der Waals surface area contributed by atoms with E-state index in [2.05, 4.69) is 22.2 Å². The molecule has 4 heteroatoms. The van der Waals surface area contributed by atoms with Gasteiger partial charge in [0, 0.05) is 43.2 Å². The minimum atomic E-state index is 0.212.